The van der Waals surface area contributed by atoms with E-state index in [0.717, 1.165) is 5.56 Å². The molecule has 1 nitrogen and oxygen atoms in total. The van der Waals surface area contributed by atoms with E-state index in [2.05, 4.69) is 0 Å². The zero-order chi connectivity index (χ0) is 8.27. The van der Waals surface area contributed by atoms with Crippen LogP contribution in [0.25, 0.3) is 5.03 Å². The van der Waals surface area contributed by atoms with Crippen molar-refractivity contribution in [2.24, 2.45) is 0 Å². The first kappa shape index (κ1) is 8.44. The maximum Gasteiger partial charge on any atom is 0.0592 e. The second kappa shape index (κ2) is 3.65. The van der Waals surface area contributed by atoms with Crippen LogP contribution in [0.5, 0.6) is 0 Å². The molecule has 1 aromatic rings. The highest BCUT2D eigenvalue weighted by molar-refractivity contribution is 6.52. The molecule has 0 amide bonds. The van der Waals surface area contributed by atoms with Crippen molar-refractivity contribution in [1.82, 2.24) is 0 Å². The molecule has 0 saturated heterocycles. The first-order chi connectivity index (χ1) is 5.24. The summed E-state index contributed by atoms with van der Waals surface area (Å²) in [4.78, 5) is 0. The minimum absolute atomic E-state index is 0.499. The predicted octanol–water partition coefficient (Wildman–Crippen LogP) is 3.04. The van der Waals surface area contributed by atoms with Crippen LogP contribution >= 0.6 is 23.2 Å². The highest BCUT2D eigenvalue weighted by Gasteiger charge is 1.95. The lowest BCUT2D eigenvalue weighted by Crippen LogP contribution is -1.84. The smallest absolute Gasteiger partial charge is 0.0592 e. The average molecular weight is 188 g/mol. The molecule has 0 aliphatic rings. The van der Waals surface area contributed by atoms with Gasteiger partial charge in [-0.15, -0.1) is 0 Å². The molecule has 1 aromatic carbocycles. The van der Waals surface area contributed by atoms with Gasteiger partial charge in [-0.1, -0.05) is 35.3 Å². The van der Waals surface area contributed by atoms with Gasteiger partial charge in [0.25, 0.3) is 0 Å². The van der Waals surface area contributed by atoms with Crippen LogP contribution in [0.2, 0.25) is 0 Å². The van der Waals surface area contributed by atoms with Gasteiger partial charge in [0.05, 0.1) is 5.03 Å². The highest BCUT2D eigenvalue weighted by atomic mass is 35.5. The van der Waals surface area contributed by atoms with E-state index in [-0.39, 0.29) is 0 Å². The summed E-state index contributed by atoms with van der Waals surface area (Å²) in [6, 6.07) is 7.23. The van der Waals surface area contributed by atoms with Gasteiger partial charge in [-0.25, -0.2) is 0 Å². The van der Waals surface area contributed by atoms with E-state index in [4.69, 9.17) is 28.9 Å². The molecule has 3 heteroatoms. The van der Waals surface area contributed by atoms with Crippen molar-refractivity contribution in [3.8, 4) is 0 Å². The largest absolute Gasteiger partial charge is 0.399 e. The van der Waals surface area contributed by atoms with Crippen molar-refractivity contribution < 1.29 is 0 Å². The Morgan fingerprint density at radius 1 is 1.45 bits per heavy atom. The minimum atomic E-state index is 0.499. The number of hydrogen-bond donors (Lipinski definition) is 1. The molecule has 0 atom stereocenters. The molecular formula is C8H7Cl2N. The standard InChI is InChI=1S/C8H7Cl2N/c9-5-8(10)6-2-1-3-7(11)4-6/h1-5H,11H2/b8-5+. The van der Waals surface area contributed by atoms with Gasteiger partial charge in [-0.2, -0.15) is 0 Å². The maximum absolute atomic E-state index is 5.74. The molecule has 0 unspecified atom stereocenters. The van der Waals surface area contributed by atoms with E-state index in [1.807, 2.05) is 12.1 Å². The van der Waals surface area contributed by atoms with Gasteiger partial charge < -0.3 is 5.73 Å². The van der Waals surface area contributed by atoms with Crippen molar-refractivity contribution >= 4 is 33.9 Å². The lowest BCUT2D eigenvalue weighted by Gasteiger charge is -1.97. The first-order valence-electron chi connectivity index (χ1n) is 3.06. The molecule has 1 rings (SSSR count). The SMILES string of the molecule is Nc1cccc(/C(Cl)=C\Cl)c1. The second-order valence-electron chi connectivity index (χ2n) is 2.08. The normalized spacial score (nSPS) is 11.6. The molecular weight excluding hydrogens is 181 g/mol. The Morgan fingerprint density at radius 3 is 2.73 bits per heavy atom. The van der Waals surface area contributed by atoms with E-state index in [1.165, 1.54) is 5.54 Å². The topological polar surface area (TPSA) is 26.0 Å². The molecule has 0 radical (unpaired) electrons. The zero-order valence-corrected chi connectivity index (χ0v) is 7.23. The Bertz CT molecular complexity index is 281. The van der Waals surface area contributed by atoms with Crippen LogP contribution in [-0.4, -0.2) is 0 Å². The van der Waals surface area contributed by atoms with E-state index in [1.54, 1.807) is 12.1 Å². The lowest BCUT2D eigenvalue weighted by molar-refractivity contribution is 1.64. The van der Waals surface area contributed by atoms with Crippen molar-refractivity contribution in [3.05, 3.63) is 35.4 Å². The van der Waals surface area contributed by atoms with Gasteiger partial charge in [0, 0.05) is 11.2 Å². The third-order valence-corrected chi connectivity index (χ3v) is 1.92. The molecule has 0 saturated carbocycles. The fourth-order valence-electron chi connectivity index (χ4n) is 0.750. The van der Waals surface area contributed by atoms with Gasteiger partial charge >= 0.3 is 0 Å². The van der Waals surface area contributed by atoms with Gasteiger partial charge in [0.1, 0.15) is 0 Å². The van der Waals surface area contributed by atoms with E-state index < -0.39 is 0 Å². The molecule has 58 valence electrons. The molecule has 0 aromatic heterocycles. The van der Waals surface area contributed by atoms with Gasteiger partial charge in [-0.05, 0) is 17.7 Å². The monoisotopic (exact) mass is 187 g/mol. The van der Waals surface area contributed by atoms with Crippen LogP contribution in [0, 0.1) is 0 Å². The molecule has 0 heterocycles. The second-order valence-corrected chi connectivity index (χ2v) is 2.71. The Kier molecular flexibility index (Phi) is 2.80. The Labute approximate surface area is 75.4 Å². The minimum Gasteiger partial charge on any atom is -0.399 e. The van der Waals surface area contributed by atoms with Crippen LogP contribution in [-0.2, 0) is 0 Å². The summed E-state index contributed by atoms with van der Waals surface area (Å²) < 4.78 is 0. The molecule has 0 bridgehead atoms. The number of nitrogens with two attached hydrogens (primary N) is 1. The summed E-state index contributed by atoms with van der Waals surface area (Å²) in [6.07, 6.45) is 0. The van der Waals surface area contributed by atoms with Crippen molar-refractivity contribution in [2.75, 3.05) is 5.73 Å². The fraction of sp³-hybridized carbons (Fsp3) is 0. The average Bonchev–Trinajstić information content (AvgIpc) is 2.03. The van der Waals surface area contributed by atoms with Crippen LogP contribution in [0.1, 0.15) is 5.56 Å². The van der Waals surface area contributed by atoms with Gasteiger partial charge in [0.2, 0.25) is 0 Å². The number of anilines is 1. The number of rotatable bonds is 1. The summed E-state index contributed by atoms with van der Waals surface area (Å²) in [5, 5.41) is 0.499. The van der Waals surface area contributed by atoms with E-state index in [0.29, 0.717) is 10.7 Å². The summed E-state index contributed by atoms with van der Waals surface area (Å²) in [5.41, 5.74) is 8.35. The summed E-state index contributed by atoms with van der Waals surface area (Å²) in [5.74, 6) is 0. The van der Waals surface area contributed by atoms with E-state index in [9.17, 15) is 0 Å². The van der Waals surface area contributed by atoms with Crippen molar-refractivity contribution in [1.29, 1.82) is 0 Å². The van der Waals surface area contributed by atoms with Crippen LogP contribution in [0.15, 0.2) is 29.8 Å². The zero-order valence-electron chi connectivity index (χ0n) is 5.72. The quantitative estimate of drug-likeness (QED) is 0.673. The Morgan fingerprint density at radius 2 is 2.18 bits per heavy atom. The van der Waals surface area contributed by atoms with Crippen molar-refractivity contribution in [2.45, 2.75) is 0 Å². The molecule has 0 spiro atoms. The fourth-order valence-corrected chi connectivity index (χ4v) is 0.994. The Hall–Kier alpha value is -0.660. The van der Waals surface area contributed by atoms with Crippen LogP contribution < -0.4 is 5.73 Å². The first-order valence-corrected chi connectivity index (χ1v) is 3.87. The summed E-state index contributed by atoms with van der Waals surface area (Å²) in [7, 11) is 0. The molecule has 0 aliphatic carbocycles. The predicted molar refractivity (Wildman–Crippen MR) is 50.5 cm³/mol. The van der Waals surface area contributed by atoms with Gasteiger partial charge in [0.15, 0.2) is 0 Å². The van der Waals surface area contributed by atoms with Crippen LogP contribution in [0.4, 0.5) is 5.69 Å². The molecule has 2 N–H and O–H groups in total. The number of hydrogen-bond acceptors (Lipinski definition) is 1. The van der Waals surface area contributed by atoms with E-state index >= 15 is 0 Å². The summed E-state index contributed by atoms with van der Waals surface area (Å²) >= 11 is 11.1. The maximum atomic E-state index is 5.74. The third-order valence-electron chi connectivity index (χ3n) is 1.26. The summed E-state index contributed by atoms with van der Waals surface area (Å²) in [6.45, 7) is 0. The number of benzene rings is 1. The van der Waals surface area contributed by atoms with Crippen LogP contribution in [0.3, 0.4) is 0 Å². The van der Waals surface area contributed by atoms with Gasteiger partial charge in [-0.3, -0.25) is 0 Å². The number of halogens is 2. The molecule has 11 heavy (non-hydrogen) atoms. The highest BCUT2D eigenvalue weighted by Crippen LogP contribution is 2.20. The number of nitrogen functional groups attached to an aromatic ring is 1. The molecule has 0 fully saturated rings. The molecule has 0 aliphatic heterocycles. The Balaban J connectivity index is 3.06. The third kappa shape index (κ3) is 2.14. The van der Waals surface area contributed by atoms with Crippen molar-refractivity contribution in [3.63, 3.8) is 0 Å². The lowest BCUT2D eigenvalue weighted by atomic mass is 10.2.